The van der Waals surface area contributed by atoms with Crippen LogP contribution in [0.5, 0.6) is 0 Å². The summed E-state index contributed by atoms with van der Waals surface area (Å²) in [6.07, 6.45) is 1.82. The minimum Gasteiger partial charge on any atom is -0.481 e. The second kappa shape index (κ2) is 14.0. The molecule has 0 unspecified atom stereocenters. The number of aliphatic carboxylic acids is 1. The first kappa shape index (κ1) is 29.2. The highest BCUT2D eigenvalue weighted by molar-refractivity contribution is 5.90. The number of benzene rings is 2. The number of rotatable bonds is 12. The minimum atomic E-state index is -0.908. The Bertz CT molecular complexity index is 1080. The summed E-state index contributed by atoms with van der Waals surface area (Å²) in [4.78, 5) is 25.3. The van der Waals surface area contributed by atoms with Crippen LogP contribution in [0.25, 0.3) is 0 Å². The van der Waals surface area contributed by atoms with Crippen molar-refractivity contribution in [1.29, 1.82) is 0 Å². The number of carbonyl (C=O) groups excluding carboxylic acids is 1. The number of hydrogen-bond donors (Lipinski definition) is 3. The van der Waals surface area contributed by atoms with Gasteiger partial charge in [0.05, 0.1) is 25.4 Å². The van der Waals surface area contributed by atoms with E-state index in [1.54, 1.807) is 7.11 Å². The third kappa shape index (κ3) is 7.86. The third-order valence-corrected chi connectivity index (χ3v) is 7.66. The van der Waals surface area contributed by atoms with Crippen molar-refractivity contribution in [3.05, 3.63) is 65.2 Å². The summed E-state index contributed by atoms with van der Waals surface area (Å²) in [7, 11) is 1.74. The lowest BCUT2D eigenvalue weighted by Crippen LogP contribution is -2.46. The van der Waals surface area contributed by atoms with Crippen molar-refractivity contribution >= 4 is 17.6 Å². The Morgan fingerprint density at radius 1 is 1.05 bits per heavy atom. The number of methoxy groups -OCH3 is 1. The monoisotopic (exact) mass is 540 g/mol. The zero-order chi connectivity index (χ0) is 27.8. The van der Waals surface area contributed by atoms with Gasteiger partial charge in [-0.2, -0.15) is 0 Å². The van der Waals surface area contributed by atoms with Crippen molar-refractivity contribution in [2.24, 2.45) is 5.92 Å². The summed E-state index contributed by atoms with van der Waals surface area (Å²) in [5.74, 6) is -1.03. The van der Waals surface area contributed by atoms with Crippen LogP contribution in [0.4, 0.5) is 5.69 Å². The number of carboxylic acids is 1. The first-order chi connectivity index (χ1) is 18.9. The topological polar surface area (TPSA) is 118 Å². The lowest BCUT2D eigenvalue weighted by atomic mass is 9.90. The summed E-state index contributed by atoms with van der Waals surface area (Å²) in [6.45, 7) is 4.66. The Labute approximate surface area is 230 Å². The second-order valence-corrected chi connectivity index (χ2v) is 10.5. The fourth-order valence-electron chi connectivity index (χ4n) is 5.42. The summed E-state index contributed by atoms with van der Waals surface area (Å²) >= 11 is 0. The molecule has 2 aromatic carbocycles. The van der Waals surface area contributed by atoms with Crippen LogP contribution in [-0.4, -0.2) is 65.9 Å². The van der Waals surface area contributed by atoms with E-state index in [1.165, 1.54) is 0 Å². The molecule has 1 amide bonds. The third-order valence-electron chi connectivity index (χ3n) is 7.66. The van der Waals surface area contributed by atoms with Gasteiger partial charge in [-0.3, -0.25) is 14.5 Å². The molecule has 2 aliphatic heterocycles. The molecule has 0 bridgehead atoms. The fourth-order valence-corrected chi connectivity index (χ4v) is 5.42. The average Bonchev–Trinajstić information content (AvgIpc) is 3.37. The Kier molecular flexibility index (Phi) is 10.5. The first-order valence-corrected chi connectivity index (χ1v) is 13.7. The molecular weight excluding hydrogens is 500 g/mol. The maximum atomic E-state index is 12.2. The zero-order valence-corrected chi connectivity index (χ0v) is 22.8. The Morgan fingerprint density at radius 2 is 1.77 bits per heavy atom. The number of amides is 1. The molecule has 3 N–H and O–H groups in total. The molecule has 4 rings (SSSR count). The highest BCUT2D eigenvalue weighted by atomic mass is 16.7. The predicted octanol–water partition coefficient (Wildman–Crippen LogP) is 4.27. The molecule has 0 aromatic heterocycles. The molecule has 212 valence electrons. The fraction of sp³-hybridized carbons (Fsp3) is 0.533. The number of ether oxygens (including phenoxy) is 3. The lowest BCUT2D eigenvalue weighted by molar-refractivity contribution is -0.276. The van der Waals surface area contributed by atoms with Gasteiger partial charge in [-0.05, 0) is 49.1 Å². The van der Waals surface area contributed by atoms with E-state index in [4.69, 9.17) is 19.3 Å². The molecule has 5 atom stereocenters. The van der Waals surface area contributed by atoms with Crippen molar-refractivity contribution in [3.63, 3.8) is 0 Å². The SMILES string of the molecule is COC[C@@H]1CCCN1C[C@H]1O[C@@H](c2ccc(NC(=O)CCCC(=O)O)cc2)O[C@@H](c2ccc(CO)cc2)[C@H]1C. The van der Waals surface area contributed by atoms with E-state index in [1.807, 2.05) is 48.5 Å². The molecule has 0 spiro atoms. The molecule has 0 radical (unpaired) electrons. The molecule has 2 saturated heterocycles. The maximum Gasteiger partial charge on any atom is 0.303 e. The molecule has 39 heavy (non-hydrogen) atoms. The van der Waals surface area contributed by atoms with Crippen LogP contribution >= 0.6 is 0 Å². The van der Waals surface area contributed by atoms with Crippen LogP contribution in [0.2, 0.25) is 0 Å². The van der Waals surface area contributed by atoms with Gasteiger partial charge in [0.1, 0.15) is 0 Å². The average molecular weight is 541 g/mol. The number of anilines is 1. The van der Waals surface area contributed by atoms with Crippen LogP contribution in [0.3, 0.4) is 0 Å². The number of nitrogens with one attached hydrogen (secondary N) is 1. The Hall–Kier alpha value is -2.82. The number of carbonyl (C=O) groups is 2. The van der Waals surface area contributed by atoms with E-state index in [2.05, 4.69) is 17.1 Å². The van der Waals surface area contributed by atoms with Crippen LogP contribution in [0.1, 0.15) is 68.1 Å². The van der Waals surface area contributed by atoms with Gasteiger partial charge in [-0.25, -0.2) is 0 Å². The Morgan fingerprint density at radius 3 is 2.44 bits per heavy atom. The summed E-state index contributed by atoms with van der Waals surface area (Å²) in [5.41, 5.74) is 3.38. The van der Waals surface area contributed by atoms with E-state index >= 15 is 0 Å². The van der Waals surface area contributed by atoms with E-state index in [0.29, 0.717) is 24.8 Å². The number of carboxylic acid groups (broad SMARTS) is 1. The quantitative estimate of drug-likeness (QED) is 0.365. The van der Waals surface area contributed by atoms with Gasteiger partial charge in [0, 0.05) is 49.7 Å². The lowest BCUT2D eigenvalue weighted by Gasteiger charge is -2.43. The molecule has 9 nitrogen and oxygen atoms in total. The van der Waals surface area contributed by atoms with Crippen LogP contribution < -0.4 is 5.32 Å². The molecule has 2 heterocycles. The van der Waals surface area contributed by atoms with Crippen molar-refractivity contribution in [1.82, 2.24) is 4.90 Å². The number of aliphatic hydroxyl groups excluding tert-OH is 1. The number of nitrogens with zero attached hydrogens (tertiary/aromatic N) is 1. The smallest absolute Gasteiger partial charge is 0.303 e. The molecular formula is C30H40N2O7. The Balaban J connectivity index is 1.49. The second-order valence-electron chi connectivity index (χ2n) is 10.5. The number of aliphatic hydroxyl groups is 1. The van der Waals surface area contributed by atoms with Gasteiger partial charge >= 0.3 is 5.97 Å². The van der Waals surface area contributed by atoms with E-state index in [9.17, 15) is 14.7 Å². The predicted molar refractivity (Wildman–Crippen MR) is 146 cm³/mol. The largest absolute Gasteiger partial charge is 0.481 e. The molecule has 2 aromatic rings. The van der Waals surface area contributed by atoms with Gasteiger partial charge in [-0.1, -0.05) is 43.3 Å². The highest BCUT2D eigenvalue weighted by Crippen LogP contribution is 2.42. The van der Waals surface area contributed by atoms with Crippen molar-refractivity contribution in [2.75, 3.05) is 32.1 Å². The van der Waals surface area contributed by atoms with Gasteiger partial charge in [0.2, 0.25) is 5.91 Å². The van der Waals surface area contributed by atoms with Crippen LogP contribution in [0, 0.1) is 5.92 Å². The normalized spacial score (nSPS) is 25.5. The van der Waals surface area contributed by atoms with Crippen LogP contribution in [0.15, 0.2) is 48.5 Å². The molecule has 0 aliphatic carbocycles. The standard InChI is InChI=1S/C30H40N2O7/c1-20-26(17-32-16-4-5-25(32)19-37-2)38-30(39-29(20)22-10-8-21(18-33)9-11-22)23-12-14-24(15-13-23)31-27(34)6-3-7-28(35)36/h8-15,20,25-26,29-30,33H,3-7,16-19H2,1-2H3,(H,31,34)(H,35,36)/t20-,25-,26+,29+,30+/m0/s1. The van der Waals surface area contributed by atoms with Crippen molar-refractivity contribution < 1.29 is 34.0 Å². The number of likely N-dealkylation sites (tertiary alicyclic amines) is 1. The van der Waals surface area contributed by atoms with E-state index in [0.717, 1.165) is 42.6 Å². The highest BCUT2D eigenvalue weighted by Gasteiger charge is 2.40. The van der Waals surface area contributed by atoms with E-state index < -0.39 is 12.3 Å². The van der Waals surface area contributed by atoms with Crippen molar-refractivity contribution in [2.45, 2.75) is 70.2 Å². The van der Waals surface area contributed by atoms with Gasteiger partial charge < -0.3 is 29.7 Å². The zero-order valence-electron chi connectivity index (χ0n) is 22.8. The minimum absolute atomic E-state index is 0.00594. The van der Waals surface area contributed by atoms with Gasteiger partial charge in [0.15, 0.2) is 6.29 Å². The maximum absolute atomic E-state index is 12.2. The summed E-state index contributed by atoms with van der Waals surface area (Å²) in [6, 6.07) is 15.7. The number of hydrogen-bond acceptors (Lipinski definition) is 7. The summed E-state index contributed by atoms with van der Waals surface area (Å²) < 4.78 is 18.6. The molecule has 0 saturated carbocycles. The van der Waals surface area contributed by atoms with E-state index in [-0.39, 0.29) is 43.5 Å². The molecule has 2 aliphatic rings. The molecule has 9 heteroatoms. The molecule has 2 fully saturated rings. The van der Waals surface area contributed by atoms with Gasteiger partial charge in [-0.15, -0.1) is 0 Å². The van der Waals surface area contributed by atoms with Crippen LogP contribution in [-0.2, 0) is 30.4 Å². The van der Waals surface area contributed by atoms with Crippen molar-refractivity contribution in [3.8, 4) is 0 Å². The summed E-state index contributed by atoms with van der Waals surface area (Å²) in [5, 5.41) is 21.1. The van der Waals surface area contributed by atoms with Gasteiger partial charge in [0.25, 0.3) is 0 Å². The first-order valence-electron chi connectivity index (χ1n) is 13.7.